The number of aliphatic carboxylic acids is 1. The van der Waals surface area contributed by atoms with Gasteiger partial charge in [0.05, 0.1) is 0 Å². The van der Waals surface area contributed by atoms with Crippen molar-refractivity contribution < 1.29 is 9.90 Å². The van der Waals surface area contributed by atoms with Crippen LogP contribution in [-0.2, 0) is 4.79 Å². The van der Waals surface area contributed by atoms with Crippen LogP contribution in [0, 0.1) is 0 Å². The predicted molar refractivity (Wildman–Crippen MR) is 70.2 cm³/mol. The predicted octanol–water partition coefficient (Wildman–Crippen LogP) is 3.33. The summed E-state index contributed by atoms with van der Waals surface area (Å²) in [6.07, 6.45) is 10.1. The number of carboxylic acids is 1. The summed E-state index contributed by atoms with van der Waals surface area (Å²) in [7, 11) is 0. The van der Waals surface area contributed by atoms with Gasteiger partial charge in [-0.05, 0) is 26.2 Å². The van der Waals surface area contributed by atoms with Crippen LogP contribution in [0.25, 0.3) is 0 Å². The lowest BCUT2D eigenvalue weighted by Crippen LogP contribution is -2.53. The third-order valence-corrected chi connectivity index (χ3v) is 3.88. The Morgan fingerprint density at radius 1 is 1.29 bits per heavy atom. The van der Waals surface area contributed by atoms with Gasteiger partial charge >= 0.3 is 5.97 Å². The van der Waals surface area contributed by atoms with E-state index in [1.807, 2.05) is 6.92 Å². The lowest BCUT2D eigenvalue weighted by Gasteiger charge is -2.30. The molecule has 1 fully saturated rings. The van der Waals surface area contributed by atoms with Gasteiger partial charge < -0.3 is 5.11 Å². The van der Waals surface area contributed by atoms with Crippen molar-refractivity contribution in [3.8, 4) is 0 Å². The van der Waals surface area contributed by atoms with Gasteiger partial charge in [0.1, 0.15) is 5.54 Å². The van der Waals surface area contributed by atoms with Crippen molar-refractivity contribution in [1.82, 2.24) is 5.32 Å². The molecule has 0 bridgehead atoms. The Labute approximate surface area is 105 Å². The average molecular weight is 241 g/mol. The summed E-state index contributed by atoms with van der Waals surface area (Å²) in [5.41, 5.74) is -0.719. The molecular formula is C14H27NO2. The maximum absolute atomic E-state index is 11.4. The van der Waals surface area contributed by atoms with E-state index in [2.05, 4.69) is 12.2 Å². The van der Waals surface area contributed by atoms with Gasteiger partial charge in [0.15, 0.2) is 0 Å². The van der Waals surface area contributed by atoms with Crippen LogP contribution in [0.15, 0.2) is 0 Å². The summed E-state index contributed by atoms with van der Waals surface area (Å²) in [4.78, 5) is 11.4. The van der Waals surface area contributed by atoms with E-state index in [0.717, 1.165) is 32.1 Å². The Bertz CT molecular complexity index is 236. The van der Waals surface area contributed by atoms with Crippen molar-refractivity contribution >= 4 is 5.97 Å². The number of rotatable bonds is 8. The lowest BCUT2D eigenvalue weighted by molar-refractivity contribution is -0.144. The normalized spacial score (nSPS) is 20.4. The highest BCUT2D eigenvalue weighted by molar-refractivity contribution is 5.78. The molecule has 17 heavy (non-hydrogen) atoms. The summed E-state index contributed by atoms with van der Waals surface area (Å²) in [6, 6.07) is 0.419. The molecule has 1 aliphatic carbocycles. The highest BCUT2D eigenvalue weighted by Crippen LogP contribution is 2.23. The topological polar surface area (TPSA) is 49.3 Å². The van der Waals surface area contributed by atoms with E-state index in [1.54, 1.807) is 0 Å². The van der Waals surface area contributed by atoms with E-state index in [-0.39, 0.29) is 0 Å². The molecule has 1 saturated carbocycles. The lowest BCUT2D eigenvalue weighted by atomic mass is 9.93. The molecule has 0 radical (unpaired) electrons. The number of hydrogen-bond acceptors (Lipinski definition) is 2. The number of nitrogens with one attached hydrogen (secondary N) is 1. The minimum Gasteiger partial charge on any atom is -0.480 e. The largest absolute Gasteiger partial charge is 0.480 e. The Morgan fingerprint density at radius 3 is 2.47 bits per heavy atom. The summed E-state index contributed by atoms with van der Waals surface area (Å²) >= 11 is 0. The maximum Gasteiger partial charge on any atom is 0.323 e. The molecule has 100 valence electrons. The van der Waals surface area contributed by atoms with E-state index in [1.165, 1.54) is 25.7 Å². The smallest absolute Gasteiger partial charge is 0.323 e. The van der Waals surface area contributed by atoms with Crippen LogP contribution in [-0.4, -0.2) is 22.7 Å². The van der Waals surface area contributed by atoms with Gasteiger partial charge in [-0.25, -0.2) is 0 Å². The quantitative estimate of drug-likeness (QED) is 0.641. The standard InChI is InChI=1S/C14H27NO2/c1-3-4-5-8-11-14(2,13(16)17)15-12-9-6-7-10-12/h12,15H,3-11H2,1-2H3,(H,16,17). The van der Waals surface area contributed by atoms with E-state index in [9.17, 15) is 9.90 Å². The van der Waals surface area contributed by atoms with Gasteiger partial charge in [-0.2, -0.15) is 0 Å². The van der Waals surface area contributed by atoms with Crippen LogP contribution in [0.5, 0.6) is 0 Å². The first-order valence-electron chi connectivity index (χ1n) is 7.09. The monoisotopic (exact) mass is 241 g/mol. The zero-order valence-corrected chi connectivity index (χ0v) is 11.3. The minimum absolute atomic E-state index is 0.419. The van der Waals surface area contributed by atoms with Crippen LogP contribution >= 0.6 is 0 Å². The van der Waals surface area contributed by atoms with Crippen molar-refractivity contribution in [3.63, 3.8) is 0 Å². The Kier molecular flexibility index (Phi) is 5.96. The molecule has 0 aliphatic heterocycles. The van der Waals surface area contributed by atoms with Crippen LogP contribution in [0.2, 0.25) is 0 Å². The third-order valence-electron chi connectivity index (χ3n) is 3.88. The molecular weight excluding hydrogens is 214 g/mol. The van der Waals surface area contributed by atoms with Gasteiger partial charge in [-0.3, -0.25) is 10.1 Å². The van der Waals surface area contributed by atoms with Gasteiger partial charge in [0.2, 0.25) is 0 Å². The second-order valence-corrected chi connectivity index (χ2v) is 5.57. The molecule has 2 N–H and O–H groups in total. The van der Waals surface area contributed by atoms with Crippen molar-refractivity contribution in [2.75, 3.05) is 0 Å². The first-order valence-corrected chi connectivity index (χ1v) is 7.09. The fourth-order valence-corrected chi connectivity index (χ4v) is 2.67. The van der Waals surface area contributed by atoms with Crippen LogP contribution in [0.3, 0.4) is 0 Å². The van der Waals surface area contributed by atoms with Gasteiger partial charge in [-0.1, -0.05) is 45.4 Å². The summed E-state index contributed by atoms with van der Waals surface area (Å²) in [5.74, 6) is -0.694. The first kappa shape index (κ1) is 14.5. The fourth-order valence-electron chi connectivity index (χ4n) is 2.67. The van der Waals surface area contributed by atoms with Crippen molar-refractivity contribution in [2.45, 2.75) is 83.2 Å². The molecule has 3 nitrogen and oxygen atoms in total. The fraction of sp³-hybridized carbons (Fsp3) is 0.929. The van der Waals surface area contributed by atoms with Crippen molar-refractivity contribution in [3.05, 3.63) is 0 Å². The maximum atomic E-state index is 11.4. The van der Waals surface area contributed by atoms with E-state index in [0.29, 0.717) is 6.04 Å². The first-order chi connectivity index (χ1) is 8.08. The summed E-state index contributed by atoms with van der Waals surface area (Å²) in [5, 5.41) is 12.8. The Morgan fingerprint density at radius 2 is 1.94 bits per heavy atom. The molecule has 0 aromatic carbocycles. The van der Waals surface area contributed by atoms with Crippen molar-refractivity contribution in [1.29, 1.82) is 0 Å². The molecule has 1 rings (SSSR count). The highest BCUT2D eigenvalue weighted by atomic mass is 16.4. The highest BCUT2D eigenvalue weighted by Gasteiger charge is 2.35. The van der Waals surface area contributed by atoms with Gasteiger partial charge in [0, 0.05) is 6.04 Å². The Hall–Kier alpha value is -0.570. The number of hydrogen-bond donors (Lipinski definition) is 2. The molecule has 0 amide bonds. The molecule has 1 aliphatic rings. The van der Waals surface area contributed by atoms with Crippen LogP contribution in [0.4, 0.5) is 0 Å². The number of carbonyl (C=O) groups is 1. The SMILES string of the molecule is CCCCCCC(C)(NC1CCCC1)C(=O)O. The summed E-state index contributed by atoms with van der Waals surface area (Å²) < 4.78 is 0. The molecule has 0 heterocycles. The van der Waals surface area contributed by atoms with E-state index >= 15 is 0 Å². The van der Waals surface area contributed by atoms with Crippen LogP contribution in [0.1, 0.15) is 71.6 Å². The van der Waals surface area contributed by atoms with Crippen molar-refractivity contribution in [2.24, 2.45) is 0 Å². The van der Waals surface area contributed by atoms with Gasteiger partial charge in [-0.15, -0.1) is 0 Å². The van der Waals surface area contributed by atoms with Gasteiger partial charge in [0.25, 0.3) is 0 Å². The zero-order valence-electron chi connectivity index (χ0n) is 11.3. The minimum atomic E-state index is -0.719. The second kappa shape index (κ2) is 7.00. The zero-order chi connectivity index (χ0) is 12.7. The van der Waals surface area contributed by atoms with E-state index < -0.39 is 11.5 Å². The second-order valence-electron chi connectivity index (χ2n) is 5.57. The molecule has 0 spiro atoms. The summed E-state index contributed by atoms with van der Waals surface area (Å²) in [6.45, 7) is 4.02. The number of carboxylic acid groups (broad SMARTS) is 1. The molecule has 0 aromatic rings. The molecule has 0 aromatic heterocycles. The molecule has 1 unspecified atom stereocenters. The molecule has 3 heteroatoms. The van der Waals surface area contributed by atoms with Crippen LogP contribution < -0.4 is 5.32 Å². The average Bonchev–Trinajstić information content (AvgIpc) is 2.77. The Balaban J connectivity index is 2.40. The van der Waals surface area contributed by atoms with E-state index in [4.69, 9.17) is 0 Å². The number of unbranched alkanes of at least 4 members (excludes halogenated alkanes) is 3. The molecule has 1 atom stereocenters. The molecule has 0 saturated heterocycles. The third kappa shape index (κ3) is 4.66.